The summed E-state index contributed by atoms with van der Waals surface area (Å²) in [7, 11) is 0. The van der Waals surface area contributed by atoms with Crippen molar-refractivity contribution >= 4 is 5.91 Å². The second-order valence-electron chi connectivity index (χ2n) is 6.77. The van der Waals surface area contributed by atoms with E-state index in [9.17, 15) is 23.1 Å². The highest BCUT2D eigenvalue weighted by molar-refractivity contribution is 5.77. The van der Waals surface area contributed by atoms with Crippen LogP contribution in [-0.2, 0) is 4.79 Å². The first kappa shape index (κ1) is 17.5. The number of hydrogen-bond donors (Lipinski definition) is 2. The van der Waals surface area contributed by atoms with Crippen LogP contribution in [0.1, 0.15) is 44.9 Å². The van der Waals surface area contributed by atoms with Gasteiger partial charge < -0.3 is 10.4 Å². The third kappa shape index (κ3) is 5.76. The van der Waals surface area contributed by atoms with Gasteiger partial charge in [-0.15, -0.1) is 0 Å². The molecule has 1 atom stereocenters. The SMILES string of the molecule is O=C(CC1(O)CCCCC1)NCC1CCN(CC(F)(F)F)C1. The molecule has 1 heterocycles. The Morgan fingerprint density at radius 3 is 2.59 bits per heavy atom. The predicted octanol–water partition coefficient (Wildman–Crippen LogP) is 2.07. The first-order valence-corrected chi connectivity index (χ1v) is 8.04. The minimum Gasteiger partial charge on any atom is -0.389 e. The van der Waals surface area contributed by atoms with Crippen molar-refractivity contribution < 1.29 is 23.1 Å². The molecule has 0 aromatic rings. The number of rotatable bonds is 5. The normalized spacial score (nSPS) is 26.1. The molecule has 0 radical (unpaired) electrons. The average Bonchev–Trinajstić information content (AvgIpc) is 2.82. The molecule has 1 saturated carbocycles. The molecule has 1 unspecified atom stereocenters. The number of nitrogens with one attached hydrogen (secondary N) is 1. The van der Waals surface area contributed by atoms with E-state index in [0.29, 0.717) is 38.9 Å². The van der Waals surface area contributed by atoms with Crippen molar-refractivity contribution in [3.8, 4) is 0 Å². The molecule has 22 heavy (non-hydrogen) atoms. The highest BCUT2D eigenvalue weighted by atomic mass is 19.4. The molecule has 1 aliphatic heterocycles. The Kier molecular flexibility index (Phi) is 5.71. The van der Waals surface area contributed by atoms with Crippen LogP contribution in [0, 0.1) is 5.92 Å². The van der Waals surface area contributed by atoms with Gasteiger partial charge in [0.25, 0.3) is 0 Å². The Balaban J connectivity index is 1.67. The summed E-state index contributed by atoms with van der Waals surface area (Å²) < 4.78 is 36.9. The van der Waals surface area contributed by atoms with E-state index in [-0.39, 0.29) is 18.2 Å². The molecule has 0 spiro atoms. The van der Waals surface area contributed by atoms with Gasteiger partial charge in [0, 0.05) is 13.1 Å². The maximum atomic E-state index is 12.3. The van der Waals surface area contributed by atoms with Crippen LogP contribution in [0.3, 0.4) is 0 Å². The molecular weight excluding hydrogens is 297 g/mol. The van der Waals surface area contributed by atoms with Gasteiger partial charge in [-0.2, -0.15) is 13.2 Å². The van der Waals surface area contributed by atoms with E-state index in [1.54, 1.807) is 0 Å². The number of likely N-dealkylation sites (tertiary alicyclic amines) is 1. The third-order valence-electron chi connectivity index (χ3n) is 4.63. The number of hydrogen-bond acceptors (Lipinski definition) is 3. The molecule has 2 N–H and O–H groups in total. The van der Waals surface area contributed by atoms with Gasteiger partial charge in [-0.3, -0.25) is 9.69 Å². The number of carbonyl (C=O) groups excluding carboxylic acids is 1. The van der Waals surface area contributed by atoms with Gasteiger partial charge in [0.1, 0.15) is 0 Å². The summed E-state index contributed by atoms with van der Waals surface area (Å²) in [4.78, 5) is 13.3. The van der Waals surface area contributed by atoms with Gasteiger partial charge in [-0.25, -0.2) is 0 Å². The lowest BCUT2D eigenvalue weighted by atomic mass is 9.82. The maximum Gasteiger partial charge on any atom is 0.401 e. The van der Waals surface area contributed by atoms with Gasteiger partial charge in [0.2, 0.25) is 5.91 Å². The number of aliphatic hydroxyl groups is 1. The van der Waals surface area contributed by atoms with E-state index < -0.39 is 18.3 Å². The second kappa shape index (κ2) is 7.17. The maximum absolute atomic E-state index is 12.3. The zero-order valence-electron chi connectivity index (χ0n) is 12.8. The molecule has 4 nitrogen and oxygen atoms in total. The molecular formula is C15H25F3N2O2. The highest BCUT2D eigenvalue weighted by Gasteiger charge is 2.35. The monoisotopic (exact) mass is 322 g/mol. The van der Waals surface area contributed by atoms with Gasteiger partial charge in [0.15, 0.2) is 0 Å². The lowest BCUT2D eigenvalue weighted by Gasteiger charge is -2.31. The lowest BCUT2D eigenvalue weighted by Crippen LogP contribution is -2.40. The standard InChI is InChI=1S/C15H25F3N2O2/c16-15(17,18)11-20-7-4-12(10-20)9-19-13(21)8-14(22)5-2-1-3-6-14/h12,22H,1-11H2,(H,19,21). The van der Waals surface area contributed by atoms with Crippen molar-refractivity contribution in [1.29, 1.82) is 0 Å². The third-order valence-corrected chi connectivity index (χ3v) is 4.63. The van der Waals surface area contributed by atoms with E-state index in [1.807, 2.05) is 0 Å². The van der Waals surface area contributed by atoms with Crippen LogP contribution in [0.2, 0.25) is 0 Å². The quantitative estimate of drug-likeness (QED) is 0.815. The average molecular weight is 322 g/mol. The molecule has 1 aliphatic carbocycles. The molecule has 0 aromatic carbocycles. The fourth-order valence-corrected chi connectivity index (χ4v) is 3.48. The van der Waals surface area contributed by atoms with E-state index in [0.717, 1.165) is 19.3 Å². The highest BCUT2D eigenvalue weighted by Crippen LogP contribution is 2.30. The Bertz CT molecular complexity index is 381. The molecule has 128 valence electrons. The van der Waals surface area contributed by atoms with Crippen LogP contribution in [0.4, 0.5) is 13.2 Å². The second-order valence-corrected chi connectivity index (χ2v) is 6.77. The van der Waals surface area contributed by atoms with Crippen molar-refractivity contribution in [2.75, 3.05) is 26.2 Å². The Morgan fingerprint density at radius 2 is 1.95 bits per heavy atom. The molecule has 0 bridgehead atoms. The van der Waals surface area contributed by atoms with Crippen LogP contribution in [0.15, 0.2) is 0 Å². The molecule has 2 rings (SSSR count). The van der Waals surface area contributed by atoms with E-state index in [1.165, 1.54) is 4.90 Å². The Morgan fingerprint density at radius 1 is 1.27 bits per heavy atom. The molecule has 1 amide bonds. The summed E-state index contributed by atoms with van der Waals surface area (Å²) in [5, 5.41) is 13.1. The number of nitrogens with zero attached hydrogens (tertiary/aromatic N) is 1. The first-order chi connectivity index (χ1) is 10.3. The summed E-state index contributed by atoms with van der Waals surface area (Å²) in [6.07, 6.45) is 0.903. The van der Waals surface area contributed by atoms with Crippen LogP contribution >= 0.6 is 0 Å². The van der Waals surface area contributed by atoms with Gasteiger partial charge in [-0.1, -0.05) is 19.3 Å². The topological polar surface area (TPSA) is 52.6 Å². The van der Waals surface area contributed by atoms with Gasteiger partial charge in [-0.05, 0) is 31.7 Å². The smallest absolute Gasteiger partial charge is 0.389 e. The van der Waals surface area contributed by atoms with Crippen molar-refractivity contribution in [2.45, 2.75) is 56.7 Å². The summed E-state index contributed by atoms with van der Waals surface area (Å²) in [5.41, 5.74) is -0.889. The zero-order valence-corrected chi connectivity index (χ0v) is 12.8. The fraction of sp³-hybridized carbons (Fsp3) is 0.933. The van der Waals surface area contributed by atoms with Crippen LogP contribution < -0.4 is 5.32 Å². The first-order valence-electron chi connectivity index (χ1n) is 8.04. The Labute approximate surface area is 129 Å². The Hall–Kier alpha value is -0.820. The minimum absolute atomic E-state index is 0.0623. The van der Waals surface area contributed by atoms with Crippen molar-refractivity contribution in [3.05, 3.63) is 0 Å². The summed E-state index contributed by atoms with van der Waals surface area (Å²) in [6, 6.07) is 0. The van der Waals surface area contributed by atoms with Crippen molar-refractivity contribution in [3.63, 3.8) is 0 Å². The summed E-state index contributed by atoms with van der Waals surface area (Å²) in [5.74, 6) is -0.133. The zero-order chi connectivity index (χ0) is 16.2. The predicted molar refractivity (Wildman–Crippen MR) is 76.3 cm³/mol. The van der Waals surface area contributed by atoms with Crippen LogP contribution in [0.5, 0.6) is 0 Å². The summed E-state index contributed by atoms with van der Waals surface area (Å²) >= 11 is 0. The molecule has 2 fully saturated rings. The van der Waals surface area contributed by atoms with Crippen LogP contribution in [-0.4, -0.2) is 53.9 Å². The lowest BCUT2D eigenvalue weighted by molar-refractivity contribution is -0.144. The fourth-order valence-electron chi connectivity index (χ4n) is 3.48. The summed E-state index contributed by atoms with van der Waals surface area (Å²) in [6.45, 7) is 0.300. The molecule has 1 saturated heterocycles. The number of amides is 1. The minimum atomic E-state index is -4.16. The largest absolute Gasteiger partial charge is 0.401 e. The van der Waals surface area contributed by atoms with E-state index in [2.05, 4.69) is 5.32 Å². The van der Waals surface area contributed by atoms with Crippen molar-refractivity contribution in [1.82, 2.24) is 10.2 Å². The molecule has 2 aliphatic rings. The molecule has 7 heteroatoms. The van der Waals surface area contributed by atoms with E-state index in [4.69, 9.17) is 0 Å². The van der Waals surface area contributed by atoms with E-state index >= 15 is 0 Å². The van der Waals surface area contributed by atoms with Gasteiger partial charge in [0.05, 0.1) is 18.6 Å². The van der Waals surface area contributed by atoms with Crippen LogP contribution in [0.25, 0.3) is 0 Å². The van der Waals surface area contributed by atoms with Gasteiger partial charge >= 0.3 is 6.18 Å². The number of carbonyl (C=O) groups is 1. The number of halogens is 3. The molecule has 0 aromatic heterocycles. The number of alkyl halides is 3. The van der Waals surface area contributed by atoms with Crippen molar-refractivity contribution in [2.24, 2.45) is 5.92 Å².